The molecule has 1 aliphatic rings. The Morgan fingerprint density at radius 3 is 2.29 bits per heavy atom. The third kappa shape index (κ3) is 2.65. The average Bonchev–Trinajstić information content (AvgIpc) is 2.29. The van der Waals surface area contributed by atoms with Crippen molar-refractivity contribution in [1.29, 1.82) is 0 Å². The quantitative estimate of drug-likeness (QED) is 0.772. The van der Waals surface area contributed by atoms with Crippen LogP contribution < -0.4 is 0 Å². The summed E-state index contributed by atoms with van der Waals surface area (Å²) >= 11 is 0. The molecule has 5 heteroatoms. The molecule has 0 saturated carbocycles. The zero-order chi connectivity index (χ0) is 12.5. The Balaban J connectivity index is 2.36. The van der Waals surface area contributed by atoms with Gasteiger partial charge in [-0.3, -0.25) is 0 Å². The van der Waals surface area contributed by atoms with Crippen LogP contribution in [0.5, 0.6) is 0 Å². The first-order valence-corrected chi connectivity index (χ1v) is 7.63. The molecule has 1 aromatic rings. The van der Waals surface area contributed by atoms with E-state index in [0.29, 0.717) is 17.2 Å². The molecule has 0 aromatic carbocycles. The van der Waals surface area contributed by atoms with Crippen LogP contribution in [0.25, 0.3) is 0 Å². The van der Waals surface area contributed by atoms with Gasteiger partial charge in [0.05, 0.1) is 14.6 Å². The molecular weight excluding hydrogens is 234 g/mol. The predicted octanol–water partition coefficient (Wildman–Crippen LogP) is 2.39. The van der Waals surface area contributed by atoms with Gasteiger partial charge in [-0.1, -0.05) is 20.8 Å². The van der Waals surface area contributed by atoms with Crippen molar-refractivity contribution in [3.05, 3.63) is 18.2 Å². The molecule has 2 rings (SSSR count). The fraction of sp³-hybridized carbons (Fsp3) is 0.667. The second kappa shape index (κ2) is 4.37. The number of aromatic nitrogens is 2. The van der Waals surface area contributed by atoms with Gasteiger partial charge in [-0.25, -0.2) is 18.5 Å². The molecule has 1 atom stereocenters. The van der Waals surface area contributed by atoms with E-state index >= 15 is 0 Å². The SMILES string of the molecule is CC(C)(C)c1ncc([S@@]2(=O)=NCCCC2)cn1. The zero-order valence-electron chi connectivity index (χ0n) is 10.6. The first-order valence-electron chi connectivity index (χ1n) is 5.95. The maximum Gasteiger partial charge on any atom is 0.133 e. The van der Waals surface area contributed by atoms with E-state index in [9.17, 15) is 4.21 Å². The van der Waals surface area contributed by atoms with Gasteiger partial charge in [-0.05, 0) is 12.8 Å². The van der Waals surface area contributed by atoms with Crippen LogP contribution in [0, 0.1) is 0 Å². The summed E-state index contributed by atoms with van der Waals surface area (Å²) in [6.45, 7) is 6.88. The Morgan fingerprint density at radius 2 is 1.82 bits per heavy atom. The second-order valence-electron chi connectivity index (χ2n) is 5.40. The first kappa shape index (κ1) is 12.5. The van der Waals surface area contributed by atoms with Crippen LogP contribution in [0.2, 0.25) is 0 Å². The van der Waals surface area contributed by atoms with Gasteiger partial charge in [0.2, 0.25) is 0 Å². The van der Waals surface area contributed by atoms with Gasteiger partial charge in [0.15, 0.2) is 0 Å². The highest BCUT2D eigenvalue weighted by Gasteiger charge is 2.20. The minimum Gasteiger partial charge on any atom is -0.245 e. The van der Waals surface area contributed by atoms with Gasteiger partial charge in [0.1, 0.15) is 5.82 Å². The van der Waals surface area contributed by atoms with Gasteiger partial charge in [-0.15, -0.1) is 0 Å². The van der Waals surface area contributed by atoms with Gasteiger partial charge in [-0.2, -0.15) is 0 Å². The molecule has 0 spiro atoms. The van der Waals surface area contributed by atoms with Crippen molar-refractivity contribution in [2.45, 2.75) is 43.9 Å². The van der Waals surface area contributed by atoms with Crippen LogP contribution in [0.1, 0.15) is 39.4 Å². The summed E-state index contributed by atoms with van der Waals surface area (Å²) in [4.78, 5) is 9.33. The Hall–Kier alpha value is -0.970. The summed E-state index contributed by atoms with van der Waals surface area (Å²) in [5.74, 6) is 1.42. The number of hydrogen-bond donors (Lipinski definition) is 0. The number of rotatable bonds is 1. The van der Waals surface area contributed by atoms with Crippen molar-refractivity contribution in [3.8, 4) is 0 Å². The number of hydrogen-bond acceptors (Lipinski definition) is 4. The second-order valence-corrected chi connectivity index (χ2v) is 7.82. The van der Waals surface area contributed by atoms with Crippen LogP contribution in [0.4, 0.5) is 0 Å². The minimum absolute atomic E-state index is 0.0758. The molecule has 0 radical (unpaired) electrons. The van der Waals surface area contributed by atoms with Crippen LogP contribution in [0.3, 0.4) is 0 Å². The van der Waals surface area contributed by atoms with E-state index in [1.807, 2.05) is 0 Å². The fourth-order valence-corrected chi connectivity index (χ4v) is 3.71. The Morgan fingerprint density at radius 1 is 1.18 bits per heavy atom. The summed E-state index contributed by atoms with van der Waals surface area (Å²) in [5.41, 5.74) is -0.0758. The average molecular weight is 253 g/mol. The molecular formula is C12H19N3OS. The molecule has 4 nitrogen and oxygen atoms in total. The van der Waals surface area contributed by atoms with Crippen molar-refractivity contribution in [3.63, 3.8) is 0 Å². The lowest BCUT2D eigenvalue weighted by Crippen LogP contribution is -2.18. The molecule has 0 amide bonds. The molecule has 0 aliphatic carbocycles. The fourth-order valence-electron chi connectivity index (χ4n) is 1.75. The lowest BCUT2D eigenvalue weighted by atomic mass is 9.96. The van der Waals surface area contributed by atoms with Crippen LogP contribution in [-0.2, 0) is 15.1 Å². The topological polar surface area (TPSA) is 55.2 Å². The van der Waals surface area contributed by atoms with E-state index in [2.05, 4.69) is 35.1 Å². The third-order valence-corrected chi connectivity index (χ3v) is 5.19. The molecule has 94 valence electrons. The van der Waals surface area contributed by atoms with E-state index in [4.69, 9.17) is 0 Å². The van der Waals surface area contributed by atoms with Crippen molar-refractivity contribution in [2.24, 2.45) is 4.36 Å². The van der Waals surface area contributed by atoms with Crippen molar-refractivity contribution >= 4 is 9.73 Å². The highest BCUT2D eigenvalue weighted by atomic mass is 32.2. The smallest absolute Gasteiger partial charge is 0.133 e. The lowest BCUT2D eigenvalue weighted by Gasteiger charge is -2.18. The Bertz CT molecular complexity index is 508. The molecule has 2 heterocycles. The van der Waals surface area contributed by atoms with Gasteiger partial charge in [0, 0.05) is 30.1 Å². The summed E-state index contributed by atoms with van der Waals surface area (Å²) in [5, 5.41) is 0. The summed E-state index contributed by atoms with van der Waals surface area (Å²) in [6.07, 6.45) is 5.39. The summed E-state index contributed by atoms with van der Waals surface area (Å²) in [6, 6.07) is 0. The summed E-state index contributed by atoms with van der Waals surface area (Å²) < 4.78 is 16.8. The molecule has 1 aliphatic heterocycles. The monoisotopic (exact) mass is 253 g/mol. The van der Waals surface area contributed by atoms with Crippen molar-refractivity contribution in [1.82, 2.24) is 9.97 Å². The van der Waals surface area contributed by atoms with Gasteiger partial charge >= 0.3 is 0 Å². The Kier molecular flexibility index (Phi) is 3.21. The standard InChI is InChI=1S/C12H19N3OS/c1-12(2,3)11-13-8-10(9-14-11)17(16)7-5-4-6-15-17/h8-9H,4-7H2,1-3H3/t17-/m1/s1. The normalized spacial score (nSPS) is 25.4. The maximum atomic E-state index is 12.5. The van der Waals surface area contributed by atoms with Crippen molar-refractivity contribution in [2.75, 3.05) is 12.3 Å². The maximum absolute atomic E-state index is 12.5. The van der Waals surface area contributed by atoms with E-state index in [-0.39, 0.29) is 5.41 Å². The van der Waals surface area contributed by atoms with Crippen LogP contribution in [-0.4, -0.2) is 26.5 Å². The van der Waals surface area contributed by atoms with E-state index in [1.165, 1.54) is 0 Å². The van der Waals surface area contributed by atoms with Gasteiger partial charge in [0.25, 0.3) is 0 Å². The molecule has 0 unspecified atom stereocenters. The minimum atomic E-state index is -2.23. The highest BCUT2D eigenvalue weighted by Crippen LogP contribution is 2.21. The molecule has 0 N–H and O–H groups in total. The summed E-state index contributed by atoms with van der Waals surface area (Å²) in [7, 11) is -2.23. The first-order chi connectivity index (χ1) is 7.92. The zero-order valence-corrected chi connectivity index (χ0v) is 11.5. The third-order valence-electron chi connectivity index (χ3n) is 2.80. The van der Waals surface area contributed by atoms with E-state index in [0.717, 1.165) is 18.7 Å². The molecule has 1 aromatic heterocycles. The highest BCUT2D eigenvalue weighted by molar-refractivity contribution is 7.93. The van der Waals surface area contributed by atoms with Crippen LogP contribution >= 0.6 is 0 Å². The molecule has 0 bridgehead atoms. The Labute approximate surface area is 103 Å². The van der Waals surface area contributed by atoms with Crippen molar-refractivity contribution < 1.29 is 4.21 Å². The molecule has 0 fully saturated rings. The molecule has 17 heavy (non-hydrogen) atoms. The van der Waals surface area contributed by atoms with E-state index < -0.39 is 9.73 Å². The van der Waals surface area contributed by atoms with E-state index in [1.54, 1.807) is 12.4 Å². The molecule has 0 saturated heterocycles. The van der Waals surface area contributed by atoms with Crippen LogP contribution in [0.15, 0.2) is 21.7 Å². The lowest BCUT2D eigenvalue weighted by molar-refractivity contribution is 0.542. The predicted molar refractivity (Wildman–Crippen MR) is 68.5 cm³/mol. The number of nitrogens with zero attached hydrogens (tertiary/aromatic N) is 3. The largest absolute Gasteiger partial charge is 0.245 e. The van der Waals surface area contributed by atoms with Gasteiger partial charge < -0.3 is 0 Å².